The van der Waals surface area contributed by atoms with Crippen LogP contribution in [0.15, 0.2) is 42.9 Å². The Balaban J connectivity index is 1.45. The number of aliphatic hydroxyl groups is 1. The Kier molecular flexibility index (Phi) is 14.8. The van der Waals surface area contributed by atoms with Gasteiger partial charge in [0.1, 0.15) is 18.0 Å². The molecule has 2 aromatic rings. The number of aryl methyl sites for hydroxylation is 1. The molecule has 3 fully saturated rings. The van der Waals surface area contributed by atoms with Crippen molar-refractivity contribution in [2.24, 2.45) is 17.8 Å². The Morgan fingerprint density at radius 3 is 2.32 bits per heavy atom. The highest BCUT2D eigenvalue weighted by Gasteiger charge is 2.61. The molecule has 2 N–H and O–H groups in total. The first kappa shape index (κ1) is 46.3. The van der Waals surface area contributed by atoms with Crippen LogP contribution in [-0.4, -0.2) is 123 Å². The first-order valence-electron chi connectivity index (χ1n) is 21.1. The molecule has 15 heteroatoms. The van der Waals surface area contributed by atoms with Crippen molar-refractivity contribution in [2.45, 2.75) is 161 Å². The van der Waals surface area contributed by atoms with E-state index in [2.05, 4.69) is 10.3 Å². The summed E-state index contributed by atoms with van der Waals surface area (Å²) in [4.78, 5) is 62.7. The number of rotatable bonds is 12. The van der Waals surface area contributed by atoms with Gasteiger partial charge in [-0.3, -0.25) is 9.59 Å². The van der Waals surface area contributed by atoms with Crippen LogP contribution < -0.4 is 5.32 Å². The first-order chi connectivity index (χ1) is 27.8. The topological polar surface area (TPSA) is 168 Å². The van der Waals surface area contributed by atoms with Gasteiger partial charge in [0.05, 0.1) is 35.9 Å². The van der Waals surface area contributed by atoms with Crippen molar-refractivity contribution in [3.63, 3.8) is 0 Å². The molecule has 0 radical (unpaired) electrons. The van der Waals surface area contributed by atoms with E-state index < -0.39 is 89.2 Å². The zero-order valence-electron chi connectivity index (χ0n) is 36.3. The number of unbranched alkanes of at least 4 members (excludes halogenated alkanes) is 1. The van der Waals surface area contributed by atoms with Gasteiger partial charge in [0.25, 0.3) is 5.67 Å². The summed E-state index contributed by atoms with van der Waals surface area (Å²) in [6.07, 6.45) is -0.411. The Labute approximate surface area is 347 Å². The highest BCUT2D eigenvalue weighted by Crippen LogP contribution is 2.43. The summed E-state index contributed by atoms with van der Waals surface area (Å²) in [5, 5.41) is 14.6. The lowest BCUT2D eigenvalue weighted by Gasteiger charge is -2.46. The van der Waals surface area contributed by atoms with Crippen LogP contribution in [0.3, 0.4) is 0 Å². The van der Waals surface area contributed by atoms with E-state index in [1.807, 2.05) is 54.9 Å². The molecule has 3 aliphatic rings. The Morgan fingerprint density at radius 2 is 1.68 bits per heavy atom. The maximum absolute atomic E-state index is 16.9. The number of ketones is 2. The highest BCUT2D eigenvalue weighted by atomic mass is 19.1. The van der Waals surface area contributed by atoms with Gasteiger partial charge in [0.15, 0.2) is 17.7 Å². The van der Waals surface area contributed by atoms with Crippen molar-refractivity contribution < 1.29 is 52.4 Å². The van der Waals surface area contributed by atoms with Crippen molar-refractivity contribution in [3.05, 3.63) is 42.9 Å². The summed E-state index contributed by atoms with van der Waals surface area (Å²) < 4.78 is 49.4. The smallest absolute Gasteiger partial charge is 0.410 e. The third-order valence-electron chi connectivity index (χ3n) is 12.8. The molecular formula is C44H65FN4O10. The fourth-order valence-electron chi connectivity index (χ4n) is 9.51. The molecule has 1 aromatic carbocycles. The number of esters is 1. The molecule has 59 heavy (non-hydrogen) atoms. The third kappa shape index (κ3) is 9.59. The maximum Gasteiger partial charge on any atom is 0.410 e. The van der Waals surface area contributed by atoms with Crippen molar-refractivity contribution >= 4 is 23.6 Å². The largest absolute Gasteiger partial charge is 0.455 e. The molecule has 0 spiro atoms. The van der Waals surface area contributed by atoms with Crippen LogP contribution >= 0.6 is 0 Å². The molecule has 14 nitrogen and oxygen atoms in total. The average Bonchev–Trinajstić information content (AvgIpc) is 3.79. The zero-order chi connectivity index (χ0) is 43.4. The van der Waals surface area contributed by atoms with Gasteiger partial charge < -0.3 is 43.6 Å². The lowest BCUT2D eigenvalue weighted by molar-refractivity contribution is -0.290. The van der Waals surface area contributed by atoms with Crippen LogP contribution in [0, 0.1) is 17.8 Å². The van der Waals surface area contributed by atoms with Gasteiger partial charge in [-0.15, -0.1) is 0 Å². The molecule has 1 unspecified atom stereocenters. The van der Waals surface area contributed by atoms with Crippen LogP contribution in [0.5, 0.6) is 0 Å². The number of amides is 1. The molecule has 0 aliphatic carbocycles. The number of carbonyl (C=O) groups is 4. The molecule has 328 valence electrons. The van der Waals surface area contributed by atoms with Gasteiger partial charge in [-0.2, -0.15) is 0 Å². The van der Waals surface area contributed by atoms with Crippen LogP contribution in [0.1, 0.15) is 94.4 Å². The highest BCUT2D eigenvalue weighted by molar-refractivity contribution is 6.08. The number of alkyl halides is 1. The van der Waals surface area contributed by atoms with Crippen molar-refractivity contribution in [2.75, 3.05) is 20.2 Å². The summed E-state index contributed by atoms with van der Waals surface area (Å²) in [6, 6.07) is 8.53. The second-order valence-electron chi connectivity index (χ2n) is 17.3. The van der Waals surface area contributed by atoms with E-state index in [0.29, 0.717) is 32.4 Å². The number of nitrogens with zero attached hydrogens (tertiary/aromatic N) is 3. The Bertz CT molecular complexity index is 1780. The normalized spacial score (nSPS) is 37.5. The zero-order valence-corrected chi connectivity index (χ0v) is 36.3. The van der Waals surface area contributed by atoms with Crippen LogP contribution in [-0.2, 0) is 44.6 Å². The molecule has 3 saturated heterocycles. The summed E-state index contributed by atoms with van der Waals surface area (Å²) in [7, 11) is 1.41. The van der Waals surface area contributed by atoms with E-state index in [0.717, 1.165) is 18.2 Å². The second kappa shape index (κ2) is 18.9. The standard InChI is InChI=1S/C44H65FN4O10/c1-11-33-44(9)36(49(41(54)59-44)21-17-16-20-48-24-32(47-25-48)30-18-14-13-15-19-30)28(5)34(50)26(3)23-42(7,55-10)38(29(6)37(52)43(8,45)40(53)57-33)58-39-35(51)31(46-12-2)22-27(4)56-39/h13-15,18-19,24-29,31,33,35-36,38-39,46,51H,11-12,16-17,20-23H2,1-10H3/t26-,27-,28+,29+,31+,33-,35+,36?,38-,39+,42-,43+,44-/m1/s1. The fourth-order valence-corrected chi connectivity index (χ4v) is 9.51. The number of benzene rings is 1. The summed E-state index contributed by atoms with van der Waals surface area (Å²) in [5.41, 5.74) is -4.35. The number of carbonyl (C=O) groups excluding carboxylic acids is 4. The van der Waals surface area contributed by atoms with E-state index in [1.165, 1.54) is 18.9 Å². The van der Waals surface area contributed by atoms with Crippen LogP contribution in [0.25, 0.3) is 11.3 Å². The predicted octanol–water partition coefficient (Wildman–Crippen LogP) is 5.67. The molecule has 1 amide bonds. The molecule has 5 rings (SSSR count). The van der Waals surface area contributed by atoms with E-state index in [9.17, 15) is 24.3 Å². The monoisotopic (exact) mass is 828 g/mol. The van der Waals surface area contributed by atoms with E-state index in [-0.39, 0.29) is 31.3 Å². The SMILES string of the molecule is CCN[C@H]1C[C@@H](C)O[C@@H](O[C@@H]2[C@@H](C)C(=O)[C@](C)(F)C(=O)O[C@H](CC)[C@@]3(C)OC(=O)N(CCCCn4cnc(-c5ccccc5)c4)C3[C@@H](C)C(=O)[C@H](C)C[C@@]2(C)OC)[C@H]1O. The maximum atomic E-state index is 16.9. The lowest BCUT2D eigenvalue weighted by Crippen LogP contribution is -2.62. The van der Waals surface area contributed by atoms with Gasteiger partial charge in [-0.25, -0.2) is 19.0 Å². The number of ether oxygens (including phenoxy) is 5. The van der Waals surface area contributed by atoms with E-state index >= 15 is 4.39 Å². The van der Waals surface area contributed by atoms with Crippen LogP contribution in [0.4, 0.5) is 9.18 Å². The molecule has 0 bridgehead atoms. The molecule has 13 atom stereocenters. The molecular weight excluding hydrogens is 763 g/mol. The minimum absolute atomic E-state index is 0.00271. The predicted molar refractivity (Wildman–Crippen MR) is 217 cm³/mol. The number of methoxy groups -OCH3 is 1. The lowest BCUT2D eigenvalue weighted by atomic mass is 9.73. The third-order valence-corrected chi connectivity index (χ3v) is 12.8. The van der Waals surface area contributed by atoms with Crippen molar-refractivity contribution in [1.82, 2.24) is 19.8 Å². The number of fused-ring (bicyclic) bond motifs is 1. The number of halogens is 1. The summed E-state index contributed by atoms with van der Waals surface area (Å²) in [6.45, 7) is 15.9. The number of hydrogen-bond acceptors (Lipinski definition) is 12. The van der Waals surface area contributed by atoms with Gasteiger partial charge in [0.2, 0.25) is 0 Å². The summed E-state index contributed by atoms with van der Waals surface area (Å²) >= 11 is 0. The Hall–Kier alpha value is -3.76. The number of cyclic esters (lactones) is 1. The average molecular weight is 829 g/mol. The van der Waals surface area contributed by atoms with Crippen molar-refractivity contribution in [1.29, 1.82) is 0 Å². The molecule has 4 heterocycles. The number of imidazole rings is 1. The van der Waals surface area contributed by atoms with Gasteiger partial charge in [-0.05, 0) is 66.3 Å². The minimum Gasteiger partial charge on any atom is -0.455 e. The number of aliphatic hydroxyl groups excluding tert-OH is 1. The first-order valence-corrected chi connectivity index (χ1v) is 21.1. The van der Waals surface area contributed by atoms with Gasteiger partial charge in [0, 0.05) is 55.8 Å². The van der Waals surface area contributed by atoms with E-state index in [1.54, 1.807) is 40.9 Å². The number of hydrogen-bond donors (Lipinski definition) is 2. The minimum atomic E-state index is -3.17. The number of nitrogens with one attached hydrogen (secondary N) is 1. The van der Waals surface area contributed by atoms with E-state index in [4.69, 9.17) is 23.7 Å². The van der Waals surface area contributed by atoms with Gasteiger partial charge >= 0.3 is 12.1 Å². The number of likely N-dealkylation sites (N-methyl/N-ethyl adjacent to an activating group) is 1. The number of Topliss-reactive ketones (excluding diaryl/α,β-unsaturated/α-hetero) is 2. The molecule has 3 aliphatic heterocycles. The number of aromatic nitrogens is 2. The second-order valence-corrected chi connectivity index (χ2v) is 17.3. The van der Waals surface area contributed by atoms with Crippen LogP contribution in [0.2, 0.25) is 0 Å². The summed E-state index contributed by atoms with van der Waals surface area (Å²) in [5.74, 6) is -5.76. The molecule has 1 aromatic heterocycles. The molecule has 0 saturated carbocycles. The Morgan fingerprint density at radius 1 is 1.00 bits per heavy atom. The van der Waals surface area contributed by atoms with Crippen molar-refractivity contribution in [3.8, 4) is 11.3 Å². The fraction of sp³-hybridized carbons (Fsp3) is 0.705. The quantitative estimate of drug-likeness (QED) is 0.153. The van der Waals surface area contributed by atoms with Gasteiger partial charge in [-0.1, -0.05) is 65.0 Å².